The molecule has 4 rings (SSSR count). The zero-order chi connectivity index (χ0) is 19.9. The minimum absolute atomic E-state index is 0. The van der Waals surface area contributed by atoms with Gasteiger partial charge in [-0.05, 0) is 12.8 Å². The van der Waals surface area contributed by atoms with Crippen molar-refractivity contribution in [1.29, 1.82) is 0 Å². The van der Waals surface area contributed by atoms with E-state index in [0.717, 1.165) is 12.8 Å². The van der Waals surface area contributed by atoms with E-state index >= 15 is 0 Å². The van der Waals surface area contributed by atoms with Crippen molar-refractivity contribution in [1.82, 2.24) is 0 Å². The third-order valence-corrected chi connectivity index (χ3v) is 4.60. The molecule has 0 bridgehead atoms. The summed E-state index contributed by atoms with van der Waals surface area (Å²) >= 11 is 0. The van der Waals surface area contributed by atoms with Crippen molar-refractivity contribution in [3.05, 3.63) is 59.7 Å². The van der Waals surface area contributed by atoms with Crippen LogP contribution in [0.5, 0.6) is 11.5 Å². The predicted molar refractivity (Wildman–Crippen MR) is 106 cm³/mol. The molecule has 0 unspecified atom stereocenters. The second kappa shape index (κ2) is 12.3. The van der Waals surface area contributed by atoms with Crippen LogP contribution in [0.25, 0.3) is 0 Å². The fourth-order valence-corrected chi connectivity index (χ4v) is 2.83. The summed E-state index contributed by atoms with van der Waals surface area (Å²) in [6.07, 6.45) is 1.90. The molecule has 0 saturated carbocycles. The summed E-state index contributed by atoms with van der Waals surface area (Å²) in [4.78, 5) is 8.66. The van der Waals surface area contributed by atoms with Gasteiger partial charge in [0.15, 0.2) is 0 Å². The van der Waals surface area contributed by atoms with Crippen LogP contribution in [0.2, 0.25) is 0 Å². The Labute approximate surface area is 188 Å². The number of benzene rings is 2. The van der Waals surface area contributed by atoms with Crippen molar-refractivity contribution >= 4 is 11.8 Å². The van der Waals surface area contributed by atoms with Crippen LogP contribution >= 0.6 is 0 Å². The molecule has 1 radical (unpaired) electrons. The number of hydrogen-bond acceptors (Lipinski definition) is 6. The van der Waals surface area contributed by atoms with Gasteiger partial charge in [-0.15, -0.1) is 0 Å². The van der Waals surface area contributed by atoms with Crippen LogP contribution in [-0.4, -0.2) is 37.1 Å². The molecule has 2 aliphatic rings. The Morgan fingerprint density at radius 3 is 1.43 bits per heavy atom. The Morgan fingerprint density at radius 2 is 1.13 bits per heavy atom. The maximum absolute atomic E-state index is 11.4. The molecule has 2 aromatic rings. The molecule has 0 saturated heterocycles. The van der Waals surface area contributed by atoms with Gasteiger partial charge in [0.1, 0.15) is 13.2 Å². The fraction of sp³-hybridized carbons (Fsp3) is 0.364. The summed E-state index contributed by atoms with van der Waals surface area (Å²) < 4.78 is 10.7. The number of hydrogen-bond donors (Lipinski definition) is 0. The molecule has 0 aliphatic carbocycles. The monoisotopic (exact) mass is 447 g/mol. The summed E-state index contributed by atoms with van der Waals surface area (Å²) in [6, 6.07) is 14.1. The zero-order valence-electron chi connectivity index (χ0n) is 17.0. The van der Waals surface area contributed by atoms with Crippen molar-refractivity contribution in [2.24, 2.45) is 9.98 Å². The van der Waals surface area contributed by atoms with Gasteiger partial charge in [0, 0.05) is 11.1 Å². The minimum atomic E-state index is -0.0250. The number of ether oxygens (including phenoxy) is 2. The van der Waals surface area contributed by atoms with Crippen LogP contribution in [0.3, 0.4) is 0 Å². The van der Waals surface area contributed by atoms with E-state index in [1.54, 1.807) is 24.3 Å². The molecule has 0 fully saturated rings. The van der Waals surface area contributed by atoms with Crippen LogP contribution in [0.1, 0.15) is 37.8 Å². The first-order valence-corrected chi connectivity index (χ1v) is 9.56. The van der Waals surface area contributed by atoms with Crippen LogP contribution in [0.15, 0.2) is 58.5 Å². The van der Waals surface area contributed by atoms with Crippen molar-refractivity contribution < 1.29 is 43.7 Å². The molecule has 2 heterocycles. The Kier molecular flexibility index (Phi) is 10.5. The molecule has 30 heavy (non-hydrogen) atoms. The van der Waals surface area contributed by atoms with E-state index < -0.39 is 0 Å². The molecule has 0 N–H and O–H groups in total. The summed E-state index contributed by atoms with van der Waals surface area (Å²) in [6.45, 7) is 5.31. The first-order chi connectivity index (χ1) is 13.6. The normalized spacial score (nSPS) is 19.0. The molecule has 0 spiro atoms. The van der Waals surface area contributed by atoms with E-state index in [-0.39, 0.29) is 47.6 Å². The maximum atomic E-state index is 11.4. The van der Waals surface area contributed by atoms with Gasteiger partial charge in [-0.25, -0.2) is 9.98 Å². The molecular weight excluding hydrogens is 423 g/mol. The first kappa shape index (κ1) is 25.6. The zero-order valence-corrected chi connectivity index (χ0v) is 18.4. The van der Waals surface area contributed by atoms with E-state index in [0.29, 0.717) is 36.1 Å². The minimum Gasteiger partial charge on any atom is -2.00 e. The third kappa shape index (κ3) is 6.26. The van der Waals surface area contributed by atoms with Gasteiger partial charge in [0.2, 0.25) is 11.8 Å². The molecule has 2 aromatic carbocycles. The quantitative estimate of drug-likeness (QED) is 0.716. The van der Waals surface area contributed by atoms with Gasteiger partial charge >= 0.3 is 18.6 Å². The van der Waals surface area contributed by atoms with E-state index in [2.05, 4.69) is 23.8 Å². The smallest absolute Gasteiger partial charge is 2.00 e. The number of rotatable bonds is 4. The molecular formula is C22H24N2O5V. The number of nitrogens with zero attached hydrogens (tertiary/aromatic N) is 2. The largest absolute Gasteiger partial charge is 4.00 e. The summed E-state index contributed by atoms with van der Waals surface area (Å²) in [7, 11) is 0. The fourth-order valence-electron chi connectivity index (χ4n) is 2.83. The molecule has 2 atom stereocenters. The van der Waals surface area contributed by atoms with Gasteiger partial charge in [-0.1, -0.05) is 73.9 Å². The Balaban J connectivity index is 0.000000281. The Morgan fingerprint density at radius 1 is 0.767 bits per heavy atom. The predicted octanol–water partition coefficient (Wildman–Crippen LogP) is 2.51. The standard InChI is InChI=1S/2C11H13NO2.O.V/c2*1-2-8-7-14-11(12-8)9-5-3-4-6-10(9)13;;/h2*3-6,8,13H,2,7H2,1H3;;/q;;-2;+4/p-2/t2*8-;;/m11../s1. The van der Waals surface area contributed by atoms with Crippen LogP contribution in [0, 0.1) is 0 Å². The topological polar surface area (TPSA) is 118 Å². The SMILES string of the molecule is CC[C@@H]1COC(c2ccccc2[O-])=N1.CC[C@@H]1COC(c2ccccc2[O-])=N1.[O-2].[V+4]. The number of aliphatic imine (C=N–C) groups is 2. The maximum Gasteiger partial charge on any atom is 4.00 e. The number of para-hydroxylation sites is 2. The van der Waals surface area contributed by atoms with Crippen molar-refractivity contribution in [2.75, 3.05) is 13.2 Å². The van der Waals surface area contributed by atoms with Crippen LogP contribution in [-0.2, 0) is 33.5 Å². The summed E-state index contributed by atoms with van der Waals surface area (Å²) in [5.41, 5.74) is 1.15. The van der Waals surface area contributed by atoms with E-state index in [4.69, 9.17) is 9.47 Å². The molecule has 2 aliphatic heterocycles. The van der Waals surface area contributed by atoms with Gasteiger partial charge in [0.05, 0.1) is 12.1 Å². The average Bonchev–Trinajstić information content (AvgIpc) is 3.39. The summed E-state index contributed by atoms with van der Waals surface area (Å²) in [5.74, 6) is 0.955. The van der Waals surface area contributed by atoms with Crippen LogP contribution < -0.4 is 10.2 Å². The Bertz CT molecular complexity index is 801. The van der Waals surface area contributed by atoms with Crippen LogP contribution in [0.4, 0.5) is 0 Å². The molecule has 7 nitrogen and oxygen atoms in total. The molecule has 157 valence electrons. The van der Waals surface area contributed by atoms with Gasteiger partial charge in [-0.2, -0.15) is 0 Å². The van der Waals surface area contributed by atoms with Gasteiger partial charge in [-0.3, -0.25) is 0 Å². The first-order valence-electron chi connectivity index (χ1n) is 9.56. The van der Waals surface area contributed by atoms with Crippen molar-refractivity contribution in [3.63, 3.8) is 0 Å². The van der Waals surface area contributed by atoms with E-state index in [9.17, 15) is 10.2 Å². The molecule has 0 amide bonds. The van der Waals surface area contributed by atoms with Crippen molar-refractivity contribution in [3.8, 4) is 11.5 Å². The second-order valence-electron chi connectivity index (χ2n) is 6.61. The summed E-state index contributed by atoms with van der Waals surface area (Å²) in [5, 5.41) is 22.9. The van der Waals surface area contributed by atoms with Gasteiger partial charge in [0.25, 0.3) is 0 Å². The van der Waals surface area contributed by atoms with Crippen molar-refractivity contribution in [2.45, 2.75) is 38.8 Å². The Hall–Kier alpha value is -2.48. The third-order valence-electron chi connectivity index (χ3n) is 4.60. The van der Waals surface area contributed by atoms with Gasteiger partial charge < -0.3 is 25.2 Å². The second-order valence-corrected chi connectivity index (χ2v) is 6.61. The molecule has 0 aromatic heterocycles. The average molecular weight is 447 g/mol. The van der Waals surface area contributed by atoms with E-state index in [1.165, 1.54) is 12.1 Å². The van der Waals surface area contributed by atoms with E-state index in [1.807, 2.05) is 12.1 Å². The molecule has 8 heteroatoms.